The summed E-state index contributed by atoms with van der Waals surface area (Å²) in [4.78, 5) is 12.9. The van der Waals surface area contributed by atoms with Crippen molar-refractivity contribution in [1.82, 2.24) is 25.1 Å². The summed E-state index contributed by atoms with van der Waals surface area (Å²) in [6.07, 6.45) is 2.23. The van der Waals surface area contributed by atoms with Gasteiger partial charge in [0.1, 0.15) is 11.6 Å². The van der Waals surface area contributed by atoms with Crippen LogP contribution in [-0.2, 0) is 6.54 Å². The largest absolute Gasteiger partial charge is 0.368 e. The van der Waals surface area contributed by atoms with Crippen LogP contribution >= 0.6 is 23.2 Å². The van der Waals surface area contributed by atoms with Gasteiger partial charge >= 0.3 is 0 Å². The van der Waals surface area contributed by atoms with Crippen molar-refractivity contribution in [3.8, 4) is 11.5 Å². The molecule has 0 amide bonds. The summed E-state index contributed by atoms with van der Waals surface area (Å²) in [6, 6.07) is 7.71. The van der Waals surface area contributed by atoms with E-state index < -0.39 is 0 Å². The van der Waals surface area contributed by atoms with E-state index in [4.69, 9.17) is 28.2 Å². The average molecular weight is 446 g/mol. The molecule has 9 heteroatoms. The fraction of sp³-hybridized carbons (Fsp3) is 0.429. The molecule has 0 unspecified atom stereocenters. The zero-order chi connectivity index (χ0) is 20.7. The summed E-state index contributed by atoms with van der Waals surface area (Å²) >= 11 is 12.6. The first-order chi connectivity index (χ1) is 14.6. The summed E-state index contributed by atoms with van der Waals surface area (Å²) in [7, 11) is 2.17. The second-order valence-corrected chi connectivity index (χ2v) is 8.99. The van der Waals surface area contributed by atoms with E-state index in [1.54, 1.807) is 0 Å². The van der Waals surface area contributed by atoms with E-state index in [9.17, 15) is 0 Å². The molecule has 2 aliphatic rings. The molecule has 2 aliphatic heterocycles. The molecule has 158 valence electrons. The minimum absolute atomic E-state index is 0.451. The first kappa shape index (κ1) is 19.7. The number of nitrogens with one attached hydrogen (secondary N) is 3. The summed E-state index contributed by atoms with van der Waals surface area (Å²) in [5, 5.41) is 12.5. The van der Waals surface area contributed by atoms with Crippen LogP contribution in [0.4, 0.5) is 11.5 Å². The number of nitrogens with zero attached hydrogens (tertiary/aromatic N) is 4. The van der Waals surface area contributed by atoms with Crippen LogP contribution < -0.4 is 10.2 Å². The lowest BCUT2D eigenvalue weighted by atomic mass is 9.97. The summed E-state index contributed by atoms with van der Waals surface area (Å²) in [6.45, 7) is 4.62. The standard InChI is InChI=1S/C21H25Cl2N7/c1-29-7-4-13(5-8-29)19-26-20(28-27-19)17-11-18-21(25-17)24-6-9-30(18)12-14-10-15(22)2-3-16(14)23/h2-3,10-11,13,24-25H,4-9,12H2,1H3,(H,26,27,28). The number of benzene rings is 1. The second-order valence-electron chi connectivity index (χ2n) is 8.15. The Balaban J connectivity index is 1.37. The third-order valence-electron chi connectivity index (χ3n) is 6.04. The molecule has 30 heavy (non-hydrogen) atoms. The van der Waals surface area contributed by atoms with Gasteiger partial charge in [-0.05, 0) is 62.8 Å². The lowest BCUT2D eigenvalue weighted by molar-refractivity contribution is 0.251. The molecular weight excluding hydrogens is 421 g/mol. The fourth-order valence-corrected chi connectivity index (χ4v) is 4.65. The minimum Gasteiger partial charge on any atom is -0.368 e. The van der Waals surface area contributed by atoms with Crippen LogP contribution in [0.25, 0.3) is 11.5 Å². The van der Waals surface area contributed by atoms with Crippen LogP contribution in [0.15, 0.2) is 24.3 Å². The predicted molar refractivity (Wildman–Crippen MR) is 122 cm³/mol. The molecule has 1 aromatic carbocycles. The molecule has 0 radical (unpaired) electrons. The number of aromatic nitrogens is 4. The van der Waals surface area contributed by atoms with Gasteiger partial charge in [-0.15, -0.1) is 0 Å². The molecule has 2 aromatic heterocycles. The van der Waals surface area contributed by atoms with Gasteiger partial charge in [0.05, 0.1) is 11.4 Å². The molecule has 0 spiro atoms. The van der Waals surface area contributed by atoms with E-state index in [-0.39, 0.29) is 0 Å². The number of fused-ring (bicyclic) bond motifs is 1. The third kappa shape index (κ3) is 3.89. The number of hydrogen-bond donors (Lipinski definition) is 3. The predicted octanol–water partition coefficient (Wildman–Crippen LogP) is 4.35. The van der Waals surface area contributed by atoms with Gasteiger partial charge in [0, 0.05) is 35.6 Å². The van der Waals surface area contributed by atoms with Gasteiger partial charge in [-0.25, -0.2) is 4.98 Å². The van der Waals surface area contributed by atoms with Crippen molar-refractivity contribution < 1.29 is 0 Å². The van der Waals surface area contributed by atoms with E-state index in [2.05, 4.69) is 43.4 Å². The molecule has 7 nitrogen and oxygen atoms in total. The smallest absolute Gasteiger partial charge is 0.197 e. The first-order valence-corrected chi connectivity index (χ1v) is 11.1. The van der Waals surface area contributed by atoms with E-state index in [1.807, 2.05) is 18.2 Å². The molecule has 0 saturated carbocycles. The monoisotopic (exact) mass is 445 g/mol. The van der Waals surface area contributed by atoms with Gasteiger partial charge in [0.25, 0.3) is 0 Å². The lowest BCUT2D eigenvalue weighted by Crippen LogP contribution is -2.33. The number of aromatic amines is 2. The Bertz CT molecular complexity index is 1040. The number of hydrogen-bond acceptors (Lipinski definition) is 5. The molecule has 0 atom stereocenters. The van der Waals surface area contributed by atoms with Gasteiger partial charge < -0.3 is 20.1 Å². The van der Waals surface area contributed by atoms with Crippen LogP contribution in [0, 0.1) is 0 Å². The van der Waals surface area contributed by atoms with Gasteiger partial charge in [0.2, 0.25) is 0 Å². The average Bonchev–Trinajstić information content (AvgIpc) is 3.39. The van der Waals surface area contributed by atoms with E-state index in [1.165, 1.54) is 0 Å². The Morgan fingerprint density at radius 3 is 2.80 bits per heavy atom. The van der Waals surface area contributed by atoms with Crippen molar-refractivity contribution in [3.05, 3.63) is 45.7 Å². The van der Waals surface area contributed by atoms with Crippen molar-refractivity contribution in [2.45, 2.75) is 25.3 Å². The van der Waals surface area contributed by atoms with Gasteiger partial charge in [-0.1, -0.05) is 23.2 Å². The number of rotatable bonds is 4. The topological polar surface area (TPSA) is 75.9 Å². The van der Waals surface area contributed by atoms with Crippen LogP contribution in [0.1, 0.15) is 30.1 Å². The van der Waals surface area contributed by atoms with Gasteiger partial charge in [-0.3, -0.25) is 5.10 Å². The van der Waals surface area contributed by atoms with E-state index >= 15 is 0 Å². The molecular formula is C21H25Cl2N7. The normalized spacial score (nSPS) is 17.8. The minimum atomic E-state index is 0.451. The number of H-pyrrole nitrogens is 2. The SMILES string of the molecule is CN1CCC(c2nc(-c3cc4c([nH]3)NCCN4Cc3cc(Cl)ccc3Cl)n[nH]2)CC1. The molecule has 3 N–H and O–H groups in total. The van der Waals surface area contributed by atoms with Gasteiger partial charge in [0.15, 0.2) is 5.82 Å². The number of halogens is 2. The molecule has 1 fully saturated rings. The summed E-state index contributed by atoms with van der Waals surface area (Å²) in [5.74, 6) is 3.13. The molecule has 0 aliphatic carbocycles. The number of piperidine rings is 1. The van der Waals surface area contributed by atoms with Crippen molar-refractivity contribution in [2.75, 3.05) is 43.4 Å². The van der Waals surface area contributed by atoms with Gasteiger partial charge in [-0.2, -0.15) is 5.10 Å². The molecule has 4 heterocycles. The second kappa shape index (κ2) is 8.13. The first-order valence-electron chi connectivity index (χ1n) is 10.3. The fourth-order valence-electron chi connectivity index (χ4n) is 4.28. The Morgan fingerprint density at radius 1 is 1.13 bits per heavy atom. The highest BCUT2D eigenvalue weighted by Gasteiger charge is 2.25. The van der Waals surface area contributed by atoms with Crippen LogP contribution in [0.2, 0.25) is 10.0 Å². The van der Waals surface area contributed by atoms with Crippen molar-refractivity contribution in [2.24, 2.45) is 0 Å². The highest BCUT2D eigenvalue weighted by Crippen LogP contribution is 2.35. The molecule has 1 saturated heterocycles. The maximum Gasteiger partial charge on any atom is 0.197 e. The quantitative estimate of drug-likeness (QED) is 0.556. The number of anilines is 2. The zero-order valence-corrected chi connectivity index (χ0v) is 18.4. The van der Waals surface area contributed by atoms with E-state index in [0.29, 0.717) is 23.3 Å². The van der Waals surface area contributed by atoms with Crippen LogP contribution in [-0.4, -0.2) is 58.3 Å². The third-order valence-corrected chi connectivity index (χ3v) is 6.64. The Hall–Kier alpha value is -2.22. The van der Waals surface area contributed by atoms with Crippen molar-refractivity contribution in [3.63, 3.8) is 0 Å². The lowest BCUT2D eigenvalue weighted by Gasteiger charge is -2.30. The molecule has 3 aromatic rings. The molecule has 0 bridgehead atoms. The Labute approximate surface area is 185 Å². The maximum absolute atomic E-state index is 6.39. The number of likely N-dealkylation sites (tertiary alicyclic amines) is 1. The van der Waals surface area contributed by atoms with Crippen molar-refractivity contribution in [1.29, 1.82) is 0 Å². The highest BCUT2D eigenvalue weighted by atomic mass is 35.5. The van der Waals surface area contributed by atoms with Crippen LogP contribution in [0.3, 0.4) is 0 Å². The van der Waals surface area contributed by atoms with Crippen molar-refractivity contribution >= 4 is 34.7 Å². The van der Waals surface area contributed by atoms with Crippen LogP contribution in [0.5, 0.6) is 0 Å². The molecule has 5 rings (SSSR count). The Morgan fingerprint density at radius 2 is 1.97 bits per heavy atom. The zero-order valence-electron chi connectivity index (χ0n) is 16.9. The van der Waals surface area contributed by atoms with E-state index in [0.717, 1.165) is 72.6 Å². The highest BCUT2D eigenvalue weighted by molar-refractivity contribution is 6.33. The maximum atomic E-state index is 6.39. The summed E-state index contributed by atoms with van der Waals surface area (Å²) < 4.78 is 0. The summed E-state index contributed by atoms with van der Waals surface area (Å²) in [5.41, 5.74) is 3.02. The Kier molecular flexibility index (Phi) is 5.35.